The number of carbonyl (C=O) groups excluding carboxylic acids is 3. The first kappa shape index (κ1) is 17.4. The molecule has 1 spiro atoms. The van der Waals surface area contributed by atoms with Crippen molar-refractivity contribution in [3.05, 3.63) is 35.6 Å². The Labute approximate surface area is 145 Å². The molecule has 3 rings (SSSR count). The minimum Gasteiger partial charge on any atom is -0.350 e. The zero-order chi connectivity index (χ0) is 18.0. The molecule has 1 saturated heterocycles. The first-order chi connectivity index (χ1) is 11.9. The molecule has 2 atom stereocenters. The summed E-state index contributed by atoms with van der Waals surface area (Å²) in [4.78, 5) is 38.1. The van der Waals surface area contributed by atoms with E-state index in [1.807, 2.05) is 6.92 Å². The van der Waals surface area contributed by atoms with Crippen molar-refractivity contribution in [3.8, 4) is 0 Å². The molecule has 6 nitrogen and oxygen atoms in total. The Bertz CT molecular complexity index is 709. The average molecular weight is 347 g/mol. The average Bonchev–Trinajstić information content (AvgIpc) is 2.81. The fourth-order valence-electron chi connectivity index (χ4n) is 3.69. The molecular formula is C18H22FN3O3. The predicted octanol–water partition coefficient (Wildman–Crippen LogP) is 1.94. The normalized spacial score (nSPS) is 26.0. The van der Waals surface area contributed by atoms with Crippen LogP contribution in [0.25, 0.3) is 0 Å². The van der Waals surface area contributed by atoms with Crippen LogP contribution in [0.1, 0.15) is 38.2 Å². The second-order valence-corrected chi connectivity index (χ2v) is 6.85. The van der Waals surface area contributed by atoms with Crippen molar-refractivity contribution < 1.29 is 18.8 Å². The number of urea groups is 1. The van der Waals surface area contributed by atoms with Crippen LogP contribution in [0.3, 0.4) is 0 Å². The predicted molar refractivity (Wildman–Crippen MR) is 88.9 cm³/mol. The Morgan fingerprint density at radius 2 is 2.20 bits per heavy atom. The van der Waals surface area contributed by atoms with Crippen molar-refractivity contribution in [2.45, 2.75) is 44.7 Å². The van der Waals surface area contributed by atoms with Gasteiger partial charge >= 0.3 is 6.03 Å². The van der Waals surface area contributed by atoms with E-state index in [2.05, 4.69) is 10.6 Å². The summed E-state index contributed by atoms with van der Waals surface area (Å²) in [5, 5.41) is 5.43. The van der Waals surface area contributed by atoms with Crippen LogP contribution in [0.4, 0.5) is 9.18 Å². The van der Waals surface area contributed by atoms with Crippen molar-refractivity contribution in [2.75, 3.05) is 6.54 Å². The third-order valence-corrected chi connectivity index (χ3v) is 5.18. The highest BCUT2D eigenvalue weighted by Crippen LogP contribution is 2.38. The van der Waals surface area contributed by atoms with Gasteiger partial charge in [-0.15, -0.1) is 0 Å². The Hall–Kier alpha value is -2.44. The van der Waals surface area contributed by atoms with Gasteiger partial charge in [0.1, 0.15) is 17.9 Å². The molecule has 4 amide bonds. The Morgan fingerprint density at radius 3 is 2.92 bits per heavy atom. The fraction of sp³-hybridized carbons (Fsp3) is 0.500. The Balaban J connectivity index is 1.61. The molecule has 2 N–H and O–H groups in total. The van der Waals surface area contributed by atoms with Gasteiger partial charge in [-0.05, 0) is 36.5 Å². The van der Waals surface area contributed by atoms with Crippen LogP contribution in [0.15, 0.2) is 24.3 Å². The lowest BCUT2D eigenvalue weighted by molar-refractivity contribution is -0.137. The van der Waals surface area contributed by atoms with Crippen molar-refractivity contribution in [2.24, 2.45) is 5.92 Å². The molecule has 1 saturated carbocycles. The van der Waals surface area contributed by atoms with Crippen molar-refractivity contribution in [1.29, 1.82) is 0 Å². The van der Waals surface area contributed by atoms with Gasteiger partial charge in [0.15, 0.2) is 0 Å². The van der Waals surface area contributed by atoms with Gasteiger partial charge in [0.05, 0.1) is 0 Å². The molecule has 2 unspecified atom stereocenters. The molecule has 2 fully saturated rings. The number of benzene rings is 1. The smallest absolute Gasteiger partial charge is 0.325 e. The Kier molecular flexibility index (Phi) is 4.74. The molecule has 0 aromatic heterocycles. The summed E-state index contributed by atoms with van der Waals surface area (Å²) >= 11 is 0. The standard InChI is InChI=1S/C18H22FN3O3/c1-12-5-2-3-8-18(12)16(24)22(17(25)21-18)11-15(23)20-10-13-6-4-7-14(19)9-13/h4,6-7,9,12H,2-3,5,8,10-11H2,1H3,(H,20,23)(H,21,25). The van der Waals surface area contributed by atoms with Gasteiger partial charge in [-0.25, -0.2) is 9.18 Å². The van der Waals surface area contributed by atoms with Gasteiger partial charge < -0.3 is 10.6 Å². The van der Waals surface area contributed by atoms with Crippen molar-refractivity contribution in [3.63, 3.8) is 0 Å². The van der Waals surface area contributed by atoms with Gasteiger partial charge in [0.2, 0.25) is 5.91 Å². The summed E-state index contributed by atoms with van der Waals surface area (Å²) in [6.45, 7) is 1.78. The molecule has 0 radical (unpaired) electrons. The van der Waals surface area contributed by atoms with Gasteiger partial charge in [-0.2, -0.15) is 0 Å². The zero-order valence-electron chi connectivity index (χ0n) is 14.2. The summed E-state index contributed by atoms with van der Waals surface area (Å²) < 4.78 is 13.1. The van der Waals surface area contributed by atoms with Gasteiger partial charge in [0.25, 0.3) is 5.91 Å². The molecule has 2 aliphatic rings. The second kappa shape index (κ2) is 6.82. The van der Waals surface area contributed by atoms with Crippen LogP contribution in [-0.4, -0.2) is 34.8 Å². The van der Waals surface area contributed by atoms with Crippen LogP contribution in [0, 0.1) is 11.7 Å². The third kappa shape index (κ3) is 3.36. The lowest BCUT2D eigenvalue weighted by Crippen LogP contribution is -2.54. The van der Waals surface area contributed by atoms with Gasteiger partial charge in [0, 0.05) is 6.54 Å². The van der Waals surface area contributed by atoms with Crippen LogP contribution in [0.2, 0.25) is 0 Å². The number of carbonyl (C=O) groups is 3. The first-order valence-corrected chi connectivity index (χ1v) is 8.57. The summed E-state index contributed by atoms with van der Waals surface area (Å²) in [6.07, 6.45) is 3.42. The first-order valence-electron chi connectivity index (χ1n) is 8.57. The zero-order valence-corrected chi connectivity index (χ0v) is 14.2. The molecule has 1 heterocycles. The minimum absolute atomic E-state index is 0.0538. The molecule has 1 aromatic carbocycles. The maximum atomic E-state index is 13.1. The number of hydrogen-bond acceptors (Lipinski definition) is 3. The van der Waals surface area contributed by atoms with E-state index in [1.54, 1.807) is 12.1 Å². The van der Waals surface area contributed by atoms with E-state index in [1.165, 1.54) is 12.1 Å². The van der Waals surface area contributed by atoms with Crippen LogP contribution < -0.4 is 10.6 Å². The van der Waals surface area contributed by atoms with Crippen LogP contribution in [0.5, 0.6) is 0 Å². The van der Waals surface area contributed by atoms with Crippen LogP contribution >= 0.6 is 0 Å². The summed E-state index contributed by atoms with van der Waals surface area (Å²) in [5.74, 6) is -1.09. The summed E-state index contributed by atoms with van der Waals surface area (Å²) in [7, 11) is 0. The van der Waals surface area contributed by atoms with E-state index >= 15 is 0 Å². The highest BCUT2D eigenvalue weighted by Gasteiger charge is 2.55. The fourth-order valence-corrected chi connectivity index (χ4v) is 3.69. The molecule has 0 bridgehead atoms. The number of imide groups is 1. The van der Waals surface area contributed by atoms with E-state index in [4.69, 9.17) is 0 Å². The van der Waals surface area contributed by atoms with Crippen LogP contribution in [-0.2, 0) is 16.1 Å². The number of nitrogens with one attached hydrogen (secondary N) is 2. The lowest BCUT2D eigenvalue weighted by Gasteiger charge is -2.36. The quantitative estimate of drug-likeness (QED) is 0.817. The molecular weight excluding hydrogens is 325 g/mol. The van der Waals surface area contributed by atoms with E-state index < -0.39 is 17.5 Å². The summed E-state index contributed by atoms with van der Waals surface area (Å²) in [5.41, 5.74) is -0.249. The largest absolute Gasteiger partial charge is 0.350 e. The van der Waals surface area contributed by atoms with Gasteiger partial charge in [-0.3, -0.25) is 14.5 Å². The Morgan fingerprint density at radius 1 is 1.40 bits per heavy atom. The maximum absolute atomic E-state index is 13.1. The second-order valence-electron chi connectivity index (χ2n) is 6.85. The maximum Gasteiger partial charge on any atom is 0.325 e. The van der Waals surface area contributed by atoms with E-state index in [-0.39, 0.29) is 30.7 Å². The molecule has 1 aromatic rings. The topological polar surface area (TPSA) is 78.5 Å². The third-order valence-electron chi connectivity index (χ3n) is 5.18. The molecule has 1 aliphatic heterocycles. The highest BCUT2D eigenvalue weighted by atomic mass is 19.1. The molecule has 134 valence electrons. The SMILES string of the molecule is CC1CCCCC12NC(=O)N(CC(=O)NCc1cccc(F)c1)C2=O. The minimum atomic E-state index is -0.863. The molecule has 1 aliphatic carbocycles. The summed E-state index contributed by atoms with van der Waals surface area (Å²) in [6, 6.07) is 5.38. The monoisotopic (exact) mass is 347 g/mol. The van der Waals surface area contributed by atoms with Crippen molar-refractivity contribution in [1.82, 2.24) is 15.5 Å². The number of nitrogens with zero attached hydrogens (tertiary/aromatic N) is 1. The number of halogens is 1. The lowest BCUT2D eigenvalue weighted by atomic mass is 9.73. The number of rotatable bonds is 4. The van der Waals surface area contributed by atoms with E-state index in [0.717, 1.165) is 24.2 Å². The van der Waals surface area contributed by atoms with Crippen molar-refractivity contribution >= 4 is 17.8 Å². The molecule has 7 heteroatoms. The van der Waals surface area contributed by atoms with Gasteiger partial charge in [-0.1, -0.05) is 31.9 Å². The number of amides is 4. The van der Waals surface area contributed by atoms with E-state index in [0.29, 0.717) is 12.0 Å². The molecule has 25 heavy (non-hydrogen) atoms. The highest BCUT2D eigenvalue weighted by molar-refractivity contribution is 6.09. The number of hydrogen-bond donors (Lipinski definition) is 2. The van der Waals surface area contributed by atoms with E-state index in [9.17, 15) is 18.8 Å².